The third-order valence-corrected chi connectivity index (χ3v) is 11.5. The van der Waals surface area contributed by atoms with E-state index in [0.717, 1.165) is 58.0 Å². The first-order valence-corrected chi connectivity index (χ1v) is 14.0. The summed E-state index contributed by atoms with van der Waals surface area (Å²) in [6, 6.07) is 9.51. The van der Waals surface area contributed by atoms with Crippen molar-refractivity contribution in [3.63, 3.8) is 0 Å². The molecule has 182 valence electrons. The van der Waals surface area contributed by atoms with Crippen molar-refractivity contribution in [2.45, 2.75) is 87.9 Å². The maximum Gasteiger partial charge on any atom is 0.122 e. The Bertz CT molecular complexity index is 1290. The Morgan fingerprint density at radius 3 is 2.86 bits per heavy atom. The Kier molecular flexibility index (Phi) is 4.13. The Hall–Kier alpha value is -2.01. The van der Waals surface area contributed by atoms with Gasteiger partial charge in [-0.2, -0.15) is 4.65 Å². The molecule has 1 aromatic carbocycles. The highest BCUT2D eigenvalue weighted by Crippen LogP contribution is 2.69. The van der Waals surface area contributed by atoms with Crippen LogP contribution in [0.3, 0.4) is 0 Å². The van der Waals surface area contributed by atoms with Gasteiger partial charge in [0.25, 0.3) is 0 Å². The smallest absolute Gasteiger partial charge is 0.122 e. The molecule has 0 unspecified atom stereocenters. The molecule has 35 heavy (non-hydrogen) atoms. The SMILES string of the molecule is C[C@]12CC=C3C=C4CC[C@H]([N+]5(O)CCC5)C[C@]45CC[C@]3(O5)[C@@H]1CC[C@@H]2c1ccc2ccncc2c1. The van der Waals surface area contributed by atoms with Gasteiger partial charge in [0.1, 0.15) is 19.1 Å². The molecule has 3 aliphatic carbocycles. The quantitative estimate of drug-likeness (QED) is 0.514. The van der Waals surface area contributed by atoms with Crippen LogP contribution in [0.2, 0.25) is 0 Å². The zero-order valence-corrected chi connectivity index (χ0v) is 20.9. The molecule has 1 aromatic heterocycles. The first kappa shape index (κ1) is 21.1. The van der Waals surface area contributed by atoms with E-state index in [2.05, 4.69) is 48.3 Å². The molecule has 1 N–H and O–H groups in total. The standard InChI is InChI=1S/C31H37N2O2/c1-29-11-9-25-18-24-5-6-26(33(34)15-2-16-33)19-30(24)12-13-31(25,35-30)28(29)8-7-27(29)22-4-3-21-10-14-32-20-23(21)17-22/h3-4,9-10,14,17-18,20,26-28,34H,2,5-8,11-13,15-16,19H2,1H3/q+1/t26-,27+,28+,29+,30+,31+/m0/s1. The lowest BCUT2D eigenvalue weighted by Gasteiger charge is -2.55. The minimum Gasteiger partial charge on any atom is -0.359 e. The highest BCUT2D eigenvalue weighted by atomic mass is 16.6. The van der Waals surface area contributed by atoms with Crippen molar-refractivity contribution < 1.29 is 14.6 Å². The molecule has 4 fully saturated rings. The van der Waals surface area contributed by atoms with Gasteiger partial charge in [0.05, 0.1) is 17.6 Å². The lowest BCUT2D eigenvalue weighted by molar-refractivity contribution is -1.15. The van der Waals surface area contributed by atoms with Crippen molar-refractivity contribution in [3.05, 3.63) is 65.5 Å². The predicted molar refractivity (Wildman–Crippen MR) is 136 cm³/mol. The number of hydrogen-bond acceptors (Lipinski definition) is 3. The van der Waals surface area contributed by atoms with Crippen molar-refractivity contribution in [2.24, 2.45) is 11.3 Å². The van der Waals surface area contributed by atoms with Gasteiger partial charge in [-0.25, -0.2) is 5.21 Å². The molecule has 4 nitrogen and oxygen atoms in total. The van der Waals surface area contributed by atoms with Crippen LogP contribution in [0.1, 0.15) is 76.2 Å². The average Bonchev–Trinajstić information content (AvgIpc) is 3.37. The number of nitrogens with zero attached hydrogens (tertiary/aromatic N) is 2. The molecule has 3 aliphatic heterocycles. The summed E-state index contributed by atoms with van der Waals surface area (Å²) in [5, 5.41) is 13.7. The van der Waals surface area contributed by atoms with Gasteiger partial charge in [0.15, 0.2) is 0 Å². The summed E-state index contributed by atoms with van der Waals surface area (Å²) in [5.41, 5.74) is 4.45. The van der Waals surface area contributed by atoms with Crippen molar-refractivity contribution in [1.29, 1.82) is 0 Å². The monoisotopic (exact) mass is 469 g/mol. The van der Waals surface area contributed by atoms with E-state index in [9.17, 15) is 5.21 Å². The van der Waals surface area contributed by atoms with Crippen molar-refractivity contribution in [3.8, 4) is 0 Å². The number of fused-ring (bicyclic) bond motifs is 2. The van der Waals surface area contributed by atoms with Crippen LogP contribution in [0.15, 0.2) is 60.0 Å². The summed E-state index contributed by atoms with van der Waals surface area (Å²) < 4.78 is 7.74. The molecule has 2 saturated carbocycles. The third-order valence-electron chi connectivity index (χ3n) is 11.5. The lowest BCUT2D eigenvalue weighted by Crippen LogP contribution is -2.65. The molecule has 0 amide bonds. The number of quaternary nitrogens is 1. The number of hydrogen-bond donors (Lipinski definition) is 1. The van der Waals surface area contributed by atoms with Crippen LogP contribution in [-0.4, -0.2) is 45.2 Å². The topological polar surface area (TPSA) is 42.4 Å². The summed E-state index contributed by atoms with van der Waals surface area (Å²) in [6.07, 6.45) is 19.3. The Labute approximate surface area is 208 Å². The van der Waals surface area contributed by atoms with E-state index in [1.165, 1.54) is 40.3 Å². The summed E-state index contributed by atoms with van der Waals surface area (Å²) in [4.78, 5) is 4.38. The van der Waals surface area contributed by atoms with Gasteiger partial charge < -0.3 is 4.74 Å². The fraction of sp³-hybridized carbons (Fsp3) is 0.581. The molecule has 0 radical (unpaired) electrons. The highest BCUT2D eigenvalue weighted by molar-refractivity contribution is 5.82. The second-order valence-electron chi connectivity index (χ2n) is 12.9. The number of ether oxygens (including phenoxy) is 1. The van der Waals surface area contributed by atoms with Crippen LogP contribution < -0.4 is 0 Å². The first-order chi connectivity index (χ1) is 16.9. The van der Waals surface area contributed by atoms with Crippen LogP contribution in [0.25, 0.3) is 10.8 Å². The normalized spacial score (nSPS) is 43.0. The van der Waals surface area contributed by atoms with Crippen molar-refractivity contribution in [1.82, 2.24) is 4.98 Å². The Morgan fingerprint density at radius 2 is 2.00 bits per heavy atom. The minimum absolute atomic E-state index is 0.124. The van der Waals surface area contributed by atoms with Crippen LogP contribution in [0, 0.1) is 11.3 Å². The molecule has 4 heteroatoms. The predicted octanol–water partition coefficient (Wildman–Crippen LogP) is 6.46. The number of allylic oxidation sites excluding steroid dienone is 1. The van der Waals surface area contributed by atoms with Gasteiger partial charge >= 0.3 is 0 Å². The molecule has 2 bridgehead atoms. The van der Waals surface area contributed by atoms with Crippen molar-refractivity contribution in [2.75, 3.05) is 13.1 Å². The molecule has 2 aromatic rings. The summed E-state index contributed by atoms with van der Waals surface area (Å²) >= 11 is 0. The zero-order valence-electron chi connectivity index (χ0n) is 20.9. The van der Waals surface area contributed by atoms with E-state index in [4.69, 9.17) is 4.74 Å². The Morgan fingerprint density at radius 1 is 1.09 bits per heavy atom. The minimum atomic E-state index is -0.130. The molecular formula is C31H37N2O2+. The molecule has 2 saturated heterocycles. The number of likely N-dealkylation sites (tertiary alicyclic amines) is 1. The number of benzene rings is 1. The highest BCUT2D eigenvalue weighted by Gasteiger charge is 2.67. The molecule has 2 spiro atoms. The van der Waals surface area contributed by atoms with E-state index < -0.39 is 0 Å². The summed E-state index contributed by atoms with van der Waals surface area (Å²) in [6.45, 7) is 4.41. The number of pyridine rings is 1. The number of hydroxylamine groups is 3. The van der Waals surface area contributed by atoms with Crippen molar-refractivity contribution >= 4 is 10.8 Å². The second kappa shape index (κ2) is 6.85. The first-order valence-electron chi connectivity index (χ1n) is 14.0. The molecular weight excluding hydrogens is 432 g/mol. The van der Waals surface area contributed by atoms with Gasteiger partial charge in [-0.15, -0.1) is 0 Å². The zero-order chi connectivity index (χ0) is 23.5. The van der Waals surface area contributed by atoms with E-state index in [-0.39, 0.29) is 16.6 Å². The maximum atomic E-state index is 11.2. The summed E-state index contributed by atoms with van der Waals surface area (Å²) in [7, 11) is 0. The average molecular weight is 470 g/mol. The molecule has 4 heterocycles. The summed E-state index contributed by atoms with van der Waals surface area (Å²) in [5.74, 6) is 1.12. The Balaban J connectivity index is 1.16. The van der Waals surface area contributed by atoms with Crippen LogP contribution in [-0.2, 0) is 4.74 Å². The lowest BCUT2D eigenvalue weighted by atomic mass is 9.58. The van der Waals surface area contributed by atoms with Gasteiger partial charge in [-0.1, -0.05) is 31.2 Å². The number of aromatic nitrogens is 1. The van der Waals surface area contributed by atoms with Crippen LogP contribution in [0.5, 0.6) is 0 Å². The van der Waals surface area contributed by atoms with Gasteiger partial charge in [-0.05, 0) is 90.0 Å². The molecule has 6 atom stereocenters. The van der Waals surface area contributed by atoms with E-state index in [1.807, 2.05) is 12.4 Å². The van der Waals surface area contributed by atoms with Gasteiger partial charge in [0, 0.05) is 30.6 Å². The van der Waals surface area contributed by atoms with E-state index >= 15 is 0 Å². The molecule has 8 rings (SSSR count). The van der Waals surface area contributed by atoms with Gasteiger partial charge in [-0.3, -0.25) is 4.98 Å². The van der Waals surface area contributed by atoms with E-state index in [1.54, 1.807) is 0 Å². The molecule has 6 aliphatic rings. The largest absolute Gasteiger partial charge is 0.359 e. The fourth-order valence-corrected chi connectivity index (χ4v) is 9.51. The van der Waals surface area contributed by atoms with Crippen LogP contribution in [0.4, 0.5) is 0 Å². The third kappa shape index (κ3) is 2.66. The number of rotatable bonds is 2. The fourth-order valence-electron chi connectivity index (χ4n) is 9.51. The maximum absolute atomic E-state index is 11.2. The second-order valence-corrected chi connectivity index (χ2v) is 12.9. The van der Waals surface area contributed by atoms with Crippen LogP contribution >= 0.6 is 0 Å². The van der Waals surface area contributed by atoms with Gasteiger partial charge in [0.2, 0.25) is 0 Å². The van der Waals surface area contributed by atoms with E-state index in [0.29, 0.717) is 22.5 Å².